The highest BCUT2D eigenvalue weighted by Gasteiger charge is 2.41. The highest BCUT2D eigenvalue weighted by atomic mass is 79.9. The molecule has 5 rings (SSSR count). The number of aliphatic imine (C=N–C) groups is 1. The van der Waals surface area contributed by atoms with Crippen molar-refractivity contribution in [3.05, 3.63) is 46.2 Å². The summed E-state index contributed by atoms with van der Waals surface area (Å²) in [5, 5.41) is 1.01. The molecule has 30 heavy (non-hydrogen) atoms. The Kier molecular flexibility index (Phi) is 4.51. The second kappa shape index (κ2) is 7.22. The molecule has 150 valence electrons. The van der Waals surface area contributed by atoms with E-state index < -0.39 is 0 Å². The van der Waals surface area contributed by atoms with E-state index in [2.05, 4.69) is 47.7 Å². The first-order valence-corrected chi connectivity index (χ1v) is 10.4. The normalized spacial score (nSPS) is 15.0. The van der Waals surface area contributed by atoms with Crippen molar-refractivity contribution >= 4 is 44.5 Å². The molecule has 0 aliphatic carbocycles. The Labute approximate surface area is 181 Å². The lowest BCUT2D eigenvalue weighted by molar-refractivity contribution is 0.0820. The molecule has 4 heterocycles. The fourth-order valence-corrected chi connectivity index (χ4v) is 4.32. The standard InChI is InChI=1S/C21H18BrN7O/c1-3-4-10-27-17-18(26-20(27)22)28-11-9-23-21(28)29(19(17)30)12-16-24-13(2)14-7-5-6-8-15(14)25-16/h5-8H,9-12H2,1-2H3. The van der Waals surface area contributed by atoms with Crippen molar-refractivity contribution in [2.75, 3.05) is 18.0 Å². The minimum absolute atomic E-state index is 0.174. The molecule has 0 radical (unpaired) electrons. The number of anilines is 1. The second-order valence-corrected chi connectivity index (χ2v) is 7.74. The summed E-state index contributed by atoms with van der Waals surface area (Å²) >= 11 is 3.48. The number of imidazole rings is 1. The largest absolute Gasteiger partial charge is 0.301 e. The Morgan fingerprint density at radius 3 is 2.87 bits per heavy atom. The van der Waals surface area contributed by atoms with E-state index in [4.69, 9.17) is 0 Å². The van der Waals surface area contributed by atoms with Crippen LogP contribution >= 0.6 is 15.9 Å². The average Bonchev–Trinajstić information content (AvgIpc) is 3.34. The molecule has 8 nitrogen and oxygen atoms in total. The Bertz CT molecular complexity index is 1280. The van der Waals surface area contributed by atoms with Crippen molar-refractivity contribution in [2.24, 2.45) is 4.99 Å². The van der Waals surface area contributed by atoms with Crippen LogP contribution in [0.4, 0.5) is 5.82 Å². The molecule has 0 saturated carbocycles. The number of aromatic nitrogens is 4. The summed E-state index contributed by atoms with van der Waals surface area (Å²) in [7, 11) is 0. The summed E-state index contributed by atoms with van der Waals surface area (Å²) in [6.45, 7) is 5.63. The molecule has 9 heteroatoms. The van der Waals surface area contributed by atoms with Gasteiger partial charge in [-0.05, 0) is 35.8 Å². The van der Waals surface area contributed by atoms with Gasteiger partial charge in [0, 0.05) is 17.6 Å². The molecule has 1 amide bonds. The maximum atomic E-state index is 13.5. The minimum Gasteiger partial charge on any atom is -0.301 e. The number of fused-ring (bicyclic) bond motifs is 4. The van der Waals surface area contributed by atoms with Gasteiger partial charge in [0.05, 0.1) is 25.2 Å². The fraction of sp³-hybridized carbons (Fsp3) is 0.286. The van der Waals surface area contributed by atoms with Crippen molar-refractivity contribution in [1.29, 1.82) is 0 Å². The van der Waals surface area contributed by atoms with Crippen LogP contribution in [0.1, 0.15) is 28.9 Å². The molecule has 0 atom stereocenters. The van der Waals surface area contributed by atoms with Crippen LogP contribution < -0.4 is 4.90 Å². The number of carbonyl (C=O) groups is 1. The van der Waals surface area contributed by atoms with Crippen LogP contribution in [0.15, 0.2) is 34.0 Å². The number of guanidine groups is 1. The number of rotatable bonds is 3. The summed E-state index contributed by atoms with van der Waals surface area (Å²) in [4.78, 5) is 35.6. The van der Waals surface area contributed by atoms with Crippen LogP contribution in [0, 0.1) is 18.8 Å². The molecule has 0 fully saturated rings. The number of amides is 1. The van der Waals surface area contributed by atoms with E-state index in [9.17, 15) is 4.79 Å². The van der Waals surface area contributed by atoms with Crippen molar-refractivity contribution in [1.82, 2.24) is 24.4 Å². The van der Waals surface area contributed by atoms with Crippen LogP contribution in [-0.2, 0) is 13.1 Å². The average molecular weight is 464 g/mol. The van der Waals surface area contributed by atoms with Gasteiger partial charge in [-0.2, -0.15) is 0 Å². The van der Waals surface area contributed by atoms with E-state index in [1.165, 1.54) is 0 Å². The smallest absolute Gasteiger partial charge is 0.281 e. The Morgan fingerprint density at radius 2 is 2.03 bits per heavy atom. The molecule has 0 spiro atoms. The topological polar surface area (TPSA) is 79.5 Å². The first kappa shape index (κ1) is 18.8. The molecule has 0 saturated heterocycles. The third kappa shape index (κ3) is 2.87. The number of hydrogen-bond donors (Lipinski definition) is 0. The first-order chi connectivity index (χ1) is 14.6. The highest BCUT2D eigenvalue weighted by molar-refractivity contribution is 9.10. The second-order valence-electron chi connectivity index (χ2n) is 7.03. The number of aryl methyl sites for hydroxylation is 1. The van der Waals surface area contributed by atoms with Crippen LogP contribution in [0.5, 0.6) is 0 Å². The SMILES string of the molecule is CC#CCn1c(Br)nc2c1C(=O)N(Cc1nc(C)c3ccccc3n1)C1=NCCN12. The zero-order chi connectivity index (χ0) is 20.8. The van der Waals surface area contributed by atoms with Gasteiger partial charge in [-0.1, -0.05) is 24.1 Å². The summed E-state index contributed by atoms with van der Waals surface area (Å²) < 4.78 is 2.37. The van der Waals surface area contributed by atoms with Crippen LogP contribution in [0.25, 0.3) is 10.9 Å². The van der Waals surface area contributed by atoms with Crippen molar-refractivity contribution in [3.63, 3.8) is 0 Å². The maximum Gasteiger partial charge on any atom is 0.281 e. The number of halogens is 1. The Balaban J connectivity index is 1.58. The van der Waals surface area contributed by atoms with Gasteiger partial charge in [0.25, 0.3) is 5.91 Å². The van der Waals surface area contributed by atoms with Gasteiger partial charge in [0.15, 0.2) is 16.2 Å². The van der Waals surface area contributed by atoms with Gasteiger partial charge >= 0.3 is 0 Å². The van der Waals surface area contributed by atoms with Gasteiger partial charge in [0.2, 0.25) is 5.96 Å². The highest BCUT2D eigenvalue weighted by Crippen LogP contribution is 2.33. The molecule has 2 aromatic heterocycles. The lowest BCUT2D eigenvalue weighted by Gasteiger charge is -2.33. The Morgan fingerprint density at radius 1 is 1.20 bits per heavy atom. The number of benzene rings is 1. The number of nitrogens with zero attached hydrogens (tertiary/aromatic N) is 7. The molecule has 0 bridgehead atoms. The molecular formula is C21H18BrN7O. The van der Waals surface area contributed by atoms with Gasteiger partial charge in [-0.25, -0.2) is 15.0 Å². The van der Waals surface area contributed by atoms with Crippen molar-refractivity contribution in [3.8, 4) is 11.8 Å². The fourth-order valence-electron chi connectivity index (χ4n) is 3.85. The van der Waals surface area contributed by atoms with E-state index in [-0.39, 0.29) is 12.5 Å². The quantitative estimate of drug-likeness (QED) is 0.557. The molecule has 1 aromatic carbocycles. The zero-order valence-corrected chi connectivity index (χ0v) is 18.1. The summed E-state index contributed by atoms with van der Waals surface area (Å²) in [5.74, 6) is 7.51. The van der Waals surface area contributed by atoms with Gasteiger partial charge in [-0.3, -0.25) is 19.6 Å². The van der Waals surface area contributed by atoms with Crippen molar-refractivity contribution in [2.45, 2.75) is 26.9 Å². The monoisotopic (exact) mass is 463 g/mol. The van der Waals surface area contributed by atoms with Gasteiger partial charge < -0.3 is 4.57 Å². The summed E-state index contributed by atoms with van der Waals surface area (Å²) in [6.07, 6.45) is 0. The lowest BCUT2D eigenvalue weighted by Crippen LogP contribution is -2.50. The maximum absolute atomic E-state index is 13.5. The molecule has 0 N–H and O–H groups in total. The van der Waals surface area contributed by atoms with E-state index in [1.807, 2.05) is 36.1 Å². The molecular weight excluding hydrogens is 446 g/mol. The molecule has 3 aromatic rings. The molecule has 0 unspecified atom stereocenters. The van der Waals surface area contributed by atoms with Crippen LogP contribution in [0.2, 0.25) is 0 Å². The van der Waals surface area contributed by atoms with E-state index in [0.717, 1.165) is 16.6 Å². The van der Waals surface area contributed by atoms with Gasteiger partial charge in [-0.15, -0.1) is 5.92 Å². The third-order valence-corrected chi connectivity index (χ3v) is 5.82. The summed E-state index contributed by atoms with van der Waals surface area (Å²) in [6, 6.07) is 7.88. The number of hydrogen-bond acceptors (Lipinski definition) is 6. The third-order valence-electron chi connectivity index (χ3n) is 5.22. The number of carbonyl (C=O) groups excluding carboxylic acids is 1. The van der Waals surface area contributed by atoms with Gasteiger partial charge in [0.1, 0.15) is 5.82 Å². The predicted molar refractivity (Wildman–Crippen MR) is 117 cm³/mol. The lowest BCUT2D eigenvalue weighted by atomic mass is 10.2. The number of para-hydroxylation sites is 1. The van der Waals surface area contributed by atoms with Crippen LogP contribution in [0.3, 0.4) is 0 Å². The van der Waals surface area contributed by atoms with E-state index in [1.54, 1.807) is 16.4 Å². The van der Waals surface area contributed by atoms with Crippen LogP contribution in [-0.4, -0.2) is 49.4 Å². The van der Waals surface area contributed by atoms with E-state index >= 15 is 0 Å². The Hall–Kier alpha value is -3.25. The first-order valence-electron chi connectivity index (χ1n) is 9.60. The van der Waals surface area contributed by atoms with E-state index in [0.29, 0.717) is 47.7 Å². The predicted octanol–water partition coefficient (Wildman–Crippen LogP) is 2.75. The minimum atomic E-state index is -0.174. The van der Waals surface area contributed by atoms with Crippen molar-refractivity contribution < 1.29 is 4.79 Å². The summed E-state index contributed by atoms with van der Waals surface area (Å²) in [5.41, 5.74) is 2.25. The molecule has 2 aliphatic heterocycles. The zero-order valence-electron chi connectivity index (χ0n) is 16.6. The molecule has 2 aliphatic rings.